The summed E-state index contributed by atoms with van der Waals surface area (Å²) in [6.45, 7) is 1.44. The van der Waals surface area contributed by atoms with Crippen LogP contribution in [-0.4, -0.2) is 36.0 Å². The standard InChI is InChI=1S/C17H15ClN2O5/c1-10(15(21)20-14-8-7-13(18)9-19-14)25-17(23)12-5-3-11(4-6-12)16(22)24-2/h3-10H,1-2H3,(H,19,20,21)/t10-/m0/s1. The van der Waals surface area contributed by atoms with E-state index in [-0.39, 0.29) is 5.56 Å². The number of nitrogens with one attached hydrogen (secondary N) is 1. The summed E-state index contributed by atoms with van der Waals surface area (Å²) in [7, 11) is 1.26. The van der Waals surface area contributed by atoms with E-state index >= 15 is 0 Å². The maximum Gasteiger partial charge on any atom is 0.338 e. The van der Waals surface area contributed by atoms with Crippen LogP contribution in [0.2, 0.25) is 5.02 Å². The van der Waals surface area contributed by atoms with Crippen molar-refractivity contribution in [3.05, 3.63) is 58.7 Å². The Labute approximate surface area is 148 Å². The van der Waals surface area contributed by atoms with Crippen LogP contribution in [0.1, 0.15) is 27.6 Å². The zero-order valence-electron chi connectivity index (χ0n) is 13.5. The SMILES string of the molecule is COC(=O)c1ccc(C(=O)O[C@@H](C)C(=O)Nc2ccc(Cl)cn2)cc1. The van der Waals surface area contributed by atoms with Gasteiger partial charge < -0.3 is 14.8 Å². The summed E-state index contributed by atoms with van der Waals surface area (Å²) in [5.41, 5.74) is 0.510. The molecule has 0 aliphatic rings. The van der Waals surface area contributed by atoms with Gasteiger partial charge >= 0.3 is 11.9 Å². The Balaban J connectivity index is 1.95. The number of carbonyl (C=O) groups is 3. The molecule has 1 aromatic heterocycles. The largest absolute Gasteiger partial charge is 0.465 e. The molecule has 0 saturated carbocycles. The topological polar surface area (TPSA) is 94.6 Å². The molecule has 2 aromatic rings. The van der Waals surface area contributed by atoms with Gasteiger partial charge in [-0.1, -0.05) is 11.6 Å². The number of ether oxygens (including phenoxy) is 2. The molecule has 8 heteroatoms. The van der Waals surface area contributed by atoms with Crippen molar-refractivity contribution in [2.75, 3.05) is 12.4 Å². The van der Waals surface area contributed by atoms with Crippen molar-refractivity contribution in [3.8, 4) is 0 Å². The number of benzene rings is 1. The fourth-order valence-corrected chi connectivity index (χ4v) is 1.93. The number of rotatable bonds is 5. The lowest BCUT2D eigenvalue weighted by Gasteiger charge is -2.13. The summed E-state index contributed by atoms with van der Waals surface area (Å²) < 4.78 is 9.67. The first-order valence-electron chi connectivity index (χ1n) is 7.22. The first-order valence-corrected chi connectivity index (χ1v) is 7.60. The van der Waals surface area contributed by atoms with Crippen LogP contribution in [0.25, 0.3) is 0 Å². The minimum atomic E-state index is -1.04. The van der Waals surface area contributed by atoms with Gasteiger partial charge in [0.1, 0.15) is 5.82 Å². The minimum absolute atomic E-state index is 0.205. The van der Waals surface area contributed by atoms with Gasteiger partial charge in [-0.05, 0) is 43.3 Å². The molecule has 1 aromatic carbocycles. The summed E-state index contributed by atoms with van der Waals surface area (Å²) >= 11 is 5.71. The summed E-state index contributed by atoms with van der Waals surface area (Å²) in [6.07, 6.45) is 0.349. The van der Waals surface area contributed by atoms with E-state index in [9.17, 15) is 14.4 Å². The van der Waals surface area contributed by atoms with E-state index in [1.165, 1.54) is 50.6 Å². The number of methoxy groups -OCH3 is 1. The van der Waals surface area contributed by atoms with E-state index in [0.717, 1.165) is 0 Å². The van der Waals surface area contributed by atoms with Crippen molar-refractivity contribution in [1.29, 1.82) is 0 Å². The van der Waals surface area contributed by atoms with E-state index in [4.69, 9.17) is 16.3 Å². The fraction of sp³-hybridized carbons (Fsp3) is 0.176. The van der Waals surface area contributed by atoms with E-state index in [1.807, 2.05) is 0 Å². The smallest absolute Gasteiger partial charge is 0.338 e. The number of carbonyl (C=O) groups excluding carboxylic acids is 3. The second-order valence-electron chi connectivity index (χ2n) is 4.97. The Kier molecular flexibility index (Phi) is 6.08. The van der Waals surface area contributed by atoms with Crippen molar-refractivity contribution in [2.45, 2.75) is 13.0 Å². The van der Waals surface area contributed by atoms with Crippen molar-refractivity contribution in [1.82, 2.24) is 4.98 Å². The fourth-order valence-electron chi connectivity index (χ4n) is 1.82. The quantitative estimate of drug-likeness (QED) is 0.822. The molecule has 2 rings (SSSR count). The number of amides is 1. The van der Waals surface area contributed by atoms with Gasteiger partial charge in [0.2, 0.25) is 0 Å². The number of esters is 2. The highest BCUT2D eigenvalue weighted by molar-refractivity contribution is 6.30. The molecule has 1 amide bonds. The highest BCUT2D eigenvalue weighted by Gasteiger charge is 2.19. The zero-order chi connectivity index (χ0) is 18.4. The third-order valence-electron chi connectivity index (χ3n) is 3.17. The predicted octanol–water partition coefficient (Wildman–Crippen LogP) is 2.71. The summed E-state index contributed by atoms with van der Waals surface area (Å²) in [6, 6.07) is 8.81. The first-order chi connectivity index (χ1) is 11.9. The Hall–Kier alpha value is -2.93. The summed E-state index contributed by atoms with van der Waals surface area (Å²) in [4.78, 5) is 39.4. The highest BCUT2D eigenvalue weighted by atomic mass is 35.5. The maximum atomic E-state index is 12.1. The van der Waals surface area contributed by atoms with Gasteiger partial charge in [0.25, 0.3) is 5.91 Å². The van der Waals surface area contributed by atoms with Crippen molar-refractivity contribution < 1.29 is 23.9 Å². The molecule has 0 bridgehead atoms. The van der Waals surface area contributed by atoms with Gasteiger partial charge in [0.05, 0.1) is 23.3 Å². The van der Waals surface area contributed by atoms with Crippen LogP contribution in [0, 0.1) is 0 Å². The van der Waals surface area contributed by atoms with Gasteiger partial charge in [-0.15, -0.1) is 0 Å². The number of nitrogens with zero attached hydrogens (tertiary/aromatic N) is 1. The van der Waals surface area contributed by atoms with Crippen molar-refractivity contribution in [3.63, 3.8) is 0 Å². The highest BCUT2D eigenvalue weighted by Crippen LogP contribution is 2.12. The number of pyridine rings is 1. The molecule has 1 atom stereocenters. The van der Waals surface area contributed by atoms with E-state index in [1.54, 1.807) is 6.07 Å². The Morgan fingerprint density at radius 2 is 1.64 bits per heavy atom. The third-order valence-corrected chi connectivity index (χ3v) is 3.40. The Bertz CT molecular complexity index is 775. The molecule has 0 aliphatic heterocycles. The van der Waals surface area contributed by atoms with Crippen LogP contribution in [0.15, 0.2) is 42.6 Å². The van der Waals surface area contributed by atoms with E-state index in [0.29, 0.717) is 16.4 Å². The molecule has 1 heterocycles. The molecule has 0 fully saturated rings. The monoisotopic (exact) mass is 362 g/mol. The van der Waals surface area contributed by atoms with Crippen molar-refractivity contribution >= 4 is 35.3 Å². The second kappa shape index (κ2) is 8.25. The molecule has 1 N–H and O–H groups in total. The molecule has 0 unspecified atom stereocenters. The van der Waals surface area contributed by atoms with Gasteiger partial charge in [0.15, 0.2) is 6.10 Å². The number of aromatic nitrogens is 1. The molecule has 0 aliphatic carbocycles. The average Bonchev–Trinajstić information content (AvgIpc) is 2.62. The minimum Gasteiger partial charge on any atom is -0.465 e. The van der Waals surface area contributed by atoms with Gasteiger partial charge in [-0.2, -0.15) is 0 Å². The summed E-state index contributed by atoms with van der Waals surface area (Å²) in [5.74, 6) is -1.44. The zero-order valence-corrected chi connectivity index (χ0v) is 14.2. The van der Waals surface area contributed by atoms with Crippen LogP contribution in [0.4, 0.5) is 5.82 Å². The van der Waals surface area contributed by atoms with Gasteiger partial charge in [-0.25, -0.2) is 14.6 Å². The van der Waals surface area contributed by atoms with Crippen LogP contribution in [-0.2, 0) is 14.3 Å². The Morgan fingerprint density at radius 1 is 1.04 bits per heavy atom. The number of halogens is 1. The summed E-state index contributed by atoms with van der Waals surface area (Å²) in [5, 5.41) is 2.95. The van der Waals surface area contributed by atoms with Crippen LogP contribution in [0.3, 0.4) is 0 Å². The second-order valence-corrected chi connectivity index (χ2v) is 5.40. The number of hydrogen-bond donors (Lipinski definition) is 1. The maximum absolute atomic E-state index is 12.1. The lowest BCUT2D eigenvalue weighted by atomic mass is 10.1. The van der Waals surface area contributed by atoms with Gasteiger partial charge in [-0.3, -0.25) is 4.79 Å². The van der Waals surface area contributed by atoms with E-state index < -0.39 is 23.9 Å². The molecule has 0 radical (unpaired) electrons. The molecule has 25 heavy (non-hydrogen) atoms. The number of anilines is 1. The third kappa shape index (κ3) is 5.02. The predicted molar refractivity (Wildman–Crippen MR) is 90.5 cm³/mol. The average molecular weight is 363 g/mol. The van der Waals surface area contributed by atoms with Crippen LogP contribution >= 0.6 is 11.6 Å². The lowest BCUT2D eigenvalue weighted by molar-refractivity contribution is -0.123. The Morgan fingerprint density at radius 3 is 2.16 bits per heavy atom. The number of hydrogen-bond acceptors (Lipinski definition) is 6. The molecular weight excluding hydrogens is 348 g/mol. The van der Waals surface area contributed by atoms with Crippen LogP contribution in [0.5, 0.6) is 0 Å². The van der Waals surface area contributed by atoms with Gasteiger partial charge in [0, 0.05) is 6.20 Å². The molecule has 130 valence electrons. The lowest BCUT2D eigenvalue weighted by Crippen LogP contribution is -2.30. The molecule has 0 saturated heterocycles. The first kappa shape index (κ1) is 18.4. The molecule has 7 nitrogen and oxygen atoms in total. The molecule has 0 spiro atoms. The van der Waals surface area contributed by atoms with Crippen molar-refractivity contribution in [2.24, 2.45) is 0 Å². The van der Waals surface area contributed by atoms with E-state index in [2.05, 4.69) is 15.0 Å². The van der Waals surface area contributed by atoms with Crippen LogP contribution < -0.4 is 5.32 Å². The molecular formula is C17H15ClN2O5. The normalized spacial score (nSPS) is 11.3.